The molecular weight excluding hydrogens is 276 g/mol. The van der Waals surface area contributed by atoms with E-state index in [1.165, 1.54) is 11.8 Å². The third-order valence-electron chi connectivity index (χ3n) is 2.67. The van der Waals surface area contributed by atoms with Crippen molar-refractivity contribution < 1.29 is 15.0 Å². The number of hydrogen-bond donors (Lipinski definition) is 2. The van der Waals surface area contributed by atoms with Gasteiger partial charge in [0.05, 0.1) is 5.69 Å². The summed E-state index contributed by atoms with van der Waals surface area (Å²) in [5.41, 5.74) is 1.50. The summed E-state index contributed by atoms with van der Waals surface area (Å²) in [6.07, 6.45) is 0. The molecule has 20 heavy (non-hydrogen) atoms. The molecule has 6 heteroatoms. The van der Waals surface area contributed by atoms with Crippen LogP contribution in [0, 0.1) is 13.8 Å². The molecule has 1 aromatic carbocycles. The second-order valence-corrected chi connectivity index (χ2v) is 5.26. The normalized spacial score (nSPS) is 10.5. The van der Waals surface area contributed by atoms with Gasteiger partial charge in [0.25, 0.3) is 0 Å². The van der Waals surface area contributed by atoms with Gasteiger partial charge in [-0.3, -0.25) is 0 Å². The zero-order chi connectivity index (χ0) is 14.7. The van der Waals surface area contributed by atoms with Gasteiger partial charge in [0.15, 0.2) is 0 Å². The van der Waals surface area contributed by atoms with E-state index in [1.54, 1.807) is 32.0 Å². The minimum atomic E-state index is -1.03. The Balaban J connectivity index is 2.27. The van der Waals surface area contributed by atoms with Crippen LogP contribution in [0.4, 0.5) is 0 Å². The summed E-state index contributed by atoms with van der Waals surface area (Å²) in [6, 6.07) is 6.86. The van der Waals surface area contributed by atoms with Crippen molar-refractivity contribution in [2.45, 2.75) is 24.6 Å². The highest BCUT2D eigenvalue weighted by molar-refractivity contribution is 7.98. The largest absolute Gasteiger partial charge is 0.508 e. The maximum atomic E-state index is 11.3. The van der Waals surface area contributed by atoms with Crippen molar-refractivity contribution in [2.24, 2.45) is 0 Å². The highest BCUT2D eigenvalue weighted by Crippen LogP contribution is 2.27. The summed E-state index contributed by atoms with van der Waals surface area (Å²) >= 11 is 1.32. The number of aryl methyl sites for hydroxylation is 2. The highest BCUT2D eigenvalue weighted by atomic mass is 32.2. The number of rotatable bonds is 4. The number of aromatic carboxylic acids is 1. The Labute approximate surface area is 120 Å². The van der Waals surface area contributed by atoms with Crippen LogP contribution < -0.4 is 0 Å². The van der Waals surface area contributed by atoms with Crippen LogP contribution in [-0.4, -0.2) is 26.2 Å². The molecule has 0 aliphatic rings. The third kappa shape index (κ3) is 3.27. The van der Waals surface area contributed by atoms with Crippen LogP contribution in [0.3, 0.4) is 0 Å². The lowest BCUT2D eigenvalue weighted by Gasteiger charge is -2.08. The number of benzene rings is 1. The van der Waals surface area contributed by atoms with E-state index in [9.17, 15) is 15.0 Å². The molecule has 2 aromatic rings. The van der Waals surface area contributed by atoms with Crippen LogP contribution in [0.1, 0.15) is 27.4 Å². The lowest BCUT2D eigenvalue weighted by molar-refractivity contribution is 0.0690. The molecule has 0 amide bonds. The maximum absolute atomic E-state index is 11.3. The second-order valence-electron chi connectivity index (χ2n) is 4.30. The Bertz CT molecular complexity index is 659. The van der Waals surface area contributed by atoms with E-state index >= 15 is 0 Å². The van der Waals surface area contributed by atoms with Crippen molar-refractivity contribution in [1.82, 2.24) is 9.97 Å². The van der Waals surface area contributed by atoms with E-state index in [1.807, 2.05) is 6.07 Å². The SMILES string of the molecule is Cc1nc(C)c(C(=O)O)c(SCc2cccc(O)c2)n1. The van der Waals surface area contributed by atoms with Crippen LogP contribution in [0.2, 0.25) is 0 Å². The molecule has 2 N–H and O–H groups in total. The van der Waals surface area contributed by atoms with Crippen LogP contribution in [-0.2, 0) is 5.75 Å². The molecule has 0 radical (unpaired) electrons. The van der Waals surface area contributed by atoms with Crippen LogP contribution in [0.25, 0.3) is 0 Å². The number of aromatic nitrogens is 2. The number of carboxylic acid groups (broad SMARTS) is 1. The van der Waals surface area contributed by atoms with E-state index < -0.39 is 5.97 Å². The first-order valence-electron chi connectivity index (χ1n) is 5.96. The van der Waals surface area contributed by atoms with Gasteiger partial charge in [-0.25, -0.2) is 14.8 Å². The minimum Gasteiger partial charge on any atom is -0.508 e. The van der Waals surface area contributed by atoms with E-state index in [4.69, 9.17) is 0 Å². The minimum absolute atomic E-state index is 0.140. The average Bonchev–Trinajstić information content (AvgIpc) is 2.35. The fraction of sp³-hybridized carbons (Fsp3) is 0.214. The molecule has 104 valence electrons. The number of nitrogens with zero attached hydrogens (tertiary/aromatic N) is 2. The van der Waals surface area contributed by atoms with Crippen molar-refractivity contribution in [1.29, 1.82) is 0 Å². The van der Waals surface area contributed by atoms with E-state index in [0.717, 1.165) is 5.56 Å². The van der Waals surface area contributed by atoms with Crippen LogP contribution in [0.5, 0.6) is 5.75 Å². The van der Waals surface area contributed by atoms with Gasteiger partial charge in [-0.05, 0) is 31.5 Å². The summed E-state index contributed by atoms with van der Waals surface area (Å²) in [4.78, 5) is 19.6. The standard InChI is InChI=1S/C14H14N2O3S/c1-8-12(14(18)19)13(16-9(2)15-8)20-7-10-4-3-5-11(17)6-10/h3-6,17H,7H2,1-2H3,(H,18,19). The van der Waals surface area contributed by atoms with E-state index in [2.05, 4.69) is 9.97 Å². The Morgan fingerprint density at radius 1 is 1.30 bits per heavy atom. The van der Waals surface area contributed by atoms with Gasteiger partial charge < -0.3 is 10.2 Å². The van der Waals surface area contributed by atoms with Crippen molar-refractivity contribution in [3.05, 3.63) is 46.9 Å². The molecular formula is C14H14N2O3S. The Morgan fingerprint density at radius 3 is 2.70 bits per heavy atom. The molecule has 1 aromatic heterocycles. The summed E-state index contributed by atoms with van der Waals surface area (Å²) in [6.45, 7) is 3.40. The number of carbonyl (C=O) groups is 1. The molecule has 0 spiro atoms. The molecule has 0 bridgehead atoms. The van der Waals surface area contributed by atoms with Crippen molar-refractivity contribution >= 4 is 17.7 Å². The first-order valence-corrected chi connectivity index (χ1v) is 6.95. The van der Waals surface area contributed by atoms with Gasteiger partial charge in [-0.15, -0.1) is 11.8 Å². The number of hydrogen-bond acceptors (Lipinski definition) is 5. The topological polar surface area (TPSA) is 83.3 Å². The van der Waals surface area contributed by atoms with Crippen LogP contribution in [0.15, 0.2) is 29.3 Å². The lowest BCUT2D eigenvalue weighted by Crippen LogP contribution is -2.08. The quantitative estimate of drug-likeness (QED) is 0.665. The smallest absolute Gasteiger partial charge is 0.340 e. The zero-order valence-electron chi connectivity index (χ0n) is 11.1. The fourth-order valence-corrected chi connectivity index (χ4v) is 2.89. The van der Waals surface area contributed by atoms with Crippen molar-refractivity contribution in [3.63, 3.8) is 0 Å². The first kappa shape index (κ1) is 14.3. The molecule has 0 unspecified atom stereocenters. The predicted molar refractivity (Wildman–Crippen MR) is 76.1 cm³/mol. The molecule has 0 saturated carbocycles. The van der Waals surface area contributed by atoms with Gasteiger partial charge in [0.2, 0.25) is 0 Å². The lowest BCUT2D eigenvalue weighted by atomic mass is 10.2. The van der Waals surface area contributed by atoms with E-state index in [-0.39, 0.29) is 11.3 Å². The fourth-order valence-electron chi connectivity index (χ4n) is 1.83. The molecule has 5 nitrogen and oxygen atoms in total. The zero-order valence-corrected chi connectivity index (χ0v) is 11.9. The summed E-state index contributed by atoms with van der Waals surface area (Å²) in [5.74, 6) is 0.244. The van der Waals surface area contributed by atoms with Gasteiger partial charge in [-0.2, -0.15) is 0 Å². The monoisotopic (exact) mass is 290 g/mol. The Hall–Kier alpha value is -2.08. The number of carboxylic acids is 1. The van der Waals surface area contributed by atoms with Crippen LogP contribution >= 0.6 is 11.8 Å². The Kier molecular flexibility index (Phi) is 4.24. The number of phenolic OH excluding ortho intramolecular Hbond substituents is 1. The molecule has 0 aliphatic carbocycles. The summed E-state index contributed by atoms with van der Waals surface area (Å²) < 4.78 is 0. The molecule has 0 fully saturated rings. The number of phenols is 1. The molecule has 1 heterocycles. The average molecular weight is 290 g/mol. The van der Waals surface area contributed by atoms with Gasteiger partial charge in [-0.1, -0.05) is 12.1 Å². The van der Waals surface area contributed by atoms with Gasteiger partial charge >= 0.3 is 5.97 Å². The van der Waals surface area contributed by atoms with Gasteiger partial charge in [0.1, 0.15) is 22.2 Å². The van der Waals surface area contributed by atoms with Crippen molar-refractivity contribution in [3.8, 4) is 5.75 Å². The molecule has 0 aliphatic heterocycles. The molecule has 0 saturated heterocycles. The summed E-state index contributed by atoms with van der Waals surface area (Å²) in [5, 5.41) is 19.1. The molecule has 2 rings (SSSR count). The Morgan fingerprint density at radius 2 is 2.05 bits per heavy atom. The first-order chi connectivity index (χ1) is 9.47. The van der Waals surface area contributed by atoms with E-state index in [0.29, 0.717) is 22.3 Å². The van der Waals surface area contributed by atoms with Crippen molar-refractivity contribution in [2.75, 3.05) is 0 Å². The maximum Gasteiger partial charge on any atom is 0.340 e. The number of aromatic hydroxyl groups is 1. The highest BCUT2D eigenvalue weighted by Gasteiger charge is 2.17. The number of thioether (sulfide) groups is 1. The van der Waals surface area contributed by atoms with Gasteiger partial charge in [0, 0.05) is 5.75 Å². The predicted octanol–water partition coefficient (Wildman–Crippen LogP) is 2.79. The summed E-state index contributed by atoms with van der Waals surface area (Å²) in [7, 11) is 0. The third-order valence-corrected chi connectivity index (χ3v) is 3.72. The molecule has 0 atom stereocenters. The second kappa shape index (κ2) is 5.92.